The van der Waals surface area contributed by atoms with Gasteiger partial charge in [0.25, 0.3) is 0 Å². The standard InChI is InChI=1S/C13H27N3O3.HI/c1-2-18-7-3-6-15-13(14)16-8-12(17)10-19-9-11-4-5-11;/h11-12,17H,2-10H2,1H3,(H3,14,15,16);1H. The molecule has 0 radical (unpaired) electrons. The third-order valence-electron chi connectivity index (χ3n) is 2.81. The Kier molecular flexibility index (Phi) is 12.5. The van der Waals surface area contributed by atoms with Gasteiger partial charge in [0.15, 0.2) is 5.96 Å². The molecule has 0 heterocycles. The van der Waals surface area contributed by atoms with Crippen LogP contribution < -0.4 is 11.1 Å². The zero-order valence-electron chi connectivity index (χ0n) is 12.2. The molecule has 1 rings (SSSR count). The number of hydrogen-bond acceptors (Lipinski definition) is 4. The van der Waals surface area contributed by atoms with Gasteiger partial charge in [0.2, 0.25) is 0 Å². The van der Waals surface area contributed by atoms with Crippen LogP contribution in [0, 0.1) is 5.92 Å². The van der Waals surface area contributed by atoms with Crippen molar-refractivity contribution >= 4 is 29.9 Å². The molecule has 1 aliphatic carbocycles. The molecule has 1 unspecified atom stereocenters. The predicted molar refractivity (Wildman–Crippen MR) is 90.6 cm³/mol. The molecule has 20 heavy (non-hydrogen) atoms. The van der Waals surface area contributed by atoms with E-state index < -0.39 is 6.10 Å². The summed E-state index contributed by atoms with van der Waals surface area (Å²) in [5, 5.41) is 12.6. The molecule has 0 amide bonds. The van der Waals surface area contributed by atoms with Crippen molar-refractivity contribution < 1.29 is 14.6 Å². The molecule has 1 aliphatic rings. The largest absolute Gasteiger partial charge is 0.389 e. The topological polar surface area (TPSA) is 89.1 Å². The molecule has 0 aromatic heterocycles. The molecule has 6 nitrogen and oxygen atoms in total. The van der Waals surface area contributed by atoms with Crippen molar-refractivity contribution in [3.05, 3.63) is 0 Å². The highest BCUT2D eigenvalue weighted by Gasteiger charge is 2.21. The summed E-state index contributed by atoms with van der Waals surface area (Å²) in [6.45, 7) is 5.50. The van der Waals surface area contributed by atoms with E-state index >= 15 is 0 Å². The van der Waals surface area contributed by atoms with Crippen LogP contribution in [0.2, 0.25) is 0 Å². The molecular weight excluding hydrogens is 373 g/mol. The average molecular weight is 401 g/mol. The van der Waals surface area contributed by atoms with E-state index in [4.69, 9.17) is 15.2 Å². The molecule has 120 valence electrons. The monoisotopic (exact) mass is 401 g/mol. The second kappa shape index (κ2) is 12.6. The number of aliphatic imine (C=N–C) groups is 1. The van der Waals surface area contributed by atoms with Gasteiger partial charge in [-0.05, 0) is 32.1 Å². The molecule has 1 atom stereocenters. The van der Waals surface area contributed by atoms with E-state index in [2.05, 4.69) is 10.3 Å². The van der Waals surface area contributed by atoms with Gasteiger partial charge < -0.3 is 25.6 Å². The lowest BCUT2D eigenvalue weighted by atomic mass is 10.4. The highest BCUT2D eigenvalue weighted by Crippen LogP contribution is 2.28. The lowest BCUT2D eigenvalue weighted by molar-refractivity contribution is 0.0368. The third-order valence-corrected chi connectivity index (χ3v) is 2.81. The molecule has 0 saturated heterocycles. The van der Waals surface area contributed by atoms with Gasteiger partial charge in [-0.15, -0.1) is 24.0 Å². The van der Waals surface area contributed by atoms with Crippen molar-refractivity contribution in [2.45, 2.75) is 32.3 Å². The average Bonchev–Trinajstić information content (AvgIpc) is 3.20. The number of aliphatic hydroxyl groups is 1. The van der Waals surface area contributed by atoms with Gasteiger partial charge in [-0.2, -0.15) is 0 Å². The van der Waals surface area contributed by atoms with E-state index in [9.17, 15) is 5.11 Å². The number of nitrogens with one attached hydrogen (secondary N) is 1. The summed E-state index contributed by atoms with van der Waals surface area (Å²) in [5.74, 6) is 1.07. The molecule has 1 fully saturated rings. The number of nitrogens with two attached hydrogens (primary N) is 1. The molecule has 0 spiro atoms. The van der Waals surface area contributed by atoms with E-state index in [-0.39, 0.29) is 30.5 Å². The van der Waals surface area contributed by atoms with Crippen LogP contribution in [0.3, 0.4) is 0 Å². The maximum absolute atomic E-state index is 9.64. The van der Waals surface area contributed by atoms with Crippen LogP contribution in [0.25, 0.3) is 0 Å². The number of guanidine groups is 1. The first-order valence-electron chi connectivity index (χ1n) is 7.09. The highest BCUT2D eigenvalue weighted by molar-refractivity contribution is 14.0. The Labute approximate surface area is 138 Å². The number of hydrogen-bond donors (Lipinski definition) is 3. The van der Waals surface area contributed by atoms with Crippen LogP contribution in [-0.4, -0.2) is 56.7 Å². The minimum absolute atomic E-state index is 0. The fourth-order valence-electron chi connectivity index (χ4n) is 1.50. The highest BCUT2D eigenvalue weighted by atomic mass is 127. The van der Waals surface area contributed by atoms with Gasteiger partial charge in [-0.25, -0.2) is 0 Å². The Morgan fingerprint density at radius 1 is 1.45 bits per heavy atom. The number of aliphatic hydroxyl groups excluding tert-OH is 1. The minimum atomic E-state index is -0.581. The van der Waals surface area contributed by atoms with Crippen molar-refractivity contribution in [3.63, 3.8) is 0 Å². The van der Waals surface area contributed by atoms with E-state index in [0.717, 1.165) is 26.2 Å². The van der Waals surface area contributed by atoms with Gasteiger partial charge in [0, 0.05) is 26.4 Å². The lowest BCUT2D eigenvalue weighted by Gasteiger charge is -2.10. The Morgan fingerprint density at radius 3 is 2.85 bits per heavy atom. The van der Waals surface area contributed by atoms with E-state index in [0.29, 0.717) is 25.1 Å². The van der Waals surface area contributed by atoms with Crippen molar-refractivity contribution in [3.8, 4) is 0 Å². The molecule has 4 N–H and O–H groups in total. The molecule has 0 aliphatic heterocycles. The van der Waals surface area contributed by atoms with Crippen molar-refractivity contribution in [2.75, 3.05) is 39.5 Å². The Hall–Kier alpha value is -0.120. The minimum Gasteiger partial charge on any atom is -0.389 e. The van der Waals surface area contributed by atoms with Crippen molar-refractivity contribution in [2.24, 2.45) is 16.6 Å². The Balaban J connectivity index is 0.00000361. The first-order chi connectivity index (χ1) is 9.22. The predicted octanol–water partition coefficient (Wildman–Crippen LogP) is 0.723. The SMILES string of the molecule is CCOCCCNC(N)=NCC(O)COCC1CC1.I. The fourth-order valence-corrected chi connectivity index (χ4v) is 1.50. The summed E-state index contributed by atoms with van der Waals surface area (Å²) in [6.07, 6.45) is 2.82. The Bertz CT molecular complexity index is 263. The normalized spacial score (nSPS) is 16.6. The molecular formula is C13H28IN3O3. The van der Waals surface area contributed by atoms with Crippen LogP contribution >= 0.6 is 24.0 Å². The van der Waals surface area contributed by atoms with Crippen molar-refractivity contribution in [1.82, 2.24) is 5.32 Å². The quantitative estimate of drug-likeness (QED) is 0.206. The smallest absolute Gasteiger partial charge is 0.188 e. The first-order valence-corrected chi connectivity index (χ1v) is 7.09. The number of nitrogens with zero attached hydrogens (tertiary/aromatic N) is 1. The number of ether oxygens (including phenoxy) is 2. The van der Waals surface area contributed by atoms with Gasteiger partial charge >= 0.3 is 0 Å². The first kappa shape index (κ1) is 19.9. The second-order valence-electron chi connectivity index (χ2n) is 4.84. The summed E-state index contributed by atoms with van der Waals surface area (Å²) in [5.41, 5.74) is 5.67. The lowest BCUT2D eigenvalue weighted by Crippen LogP contribution is -2.34. The summed E-state index contributed by atoms with van der Waals surface area (Å²) in [7, 11) is 0. The summed E-state index contributed by atoms with van der Waals surface area (Å²) in [4.78, 5) is 4.07. The van der Waals surface area contributed by atoms with E-state index in [1.165, 1.54) is 12.8 Å². The molecule has 1 saturated carbocycles. The maximum Gasteiger partial charge on any atom is 0.188 e. The van der Waals surface area contributed by atoms with Gasteiger partial charge in [-0.3, -0.25) is 4.99 Å². The summed E-state index contributed by atoms with van der Waals surface area (Å²) < 4.78 is 10.6. The molecule has 0 bridgehead atoms. The van der Waals surface area contributed by atoms with Crippen LogP contribution in [0.4, 0.5) is 0 Å². The van der Waals surface area contributed by atoms with Gasteiger partial charge in [-0.1, -0.05) is 0 Å². The number of halogens is 1. The summed E-state index contributed by atoms with van der Waals surface area (Å²) >= 11 is 0. The Morgan fingerprint density at radius 2 is 2.20 bits per heavy atom. The van der Waals surface area contributed by atoms with E-state index in [1.807, 2.05) is 6.92 Å². The van der Waals surface area contributed by atoms with Crippen LogP contribution in [0.1, 0.15) is 26.2 Å². The van der Waals surface area contributed by atoms with Crippen molar-refractivity contribution in [1.29, 1.82) is 0 Å². The molecule has 0 aromatic rings. The zero-order chi connectivity index (χ0) is 13.9. The number of rotatable bonds is 11. The maximum atomic E-state index is 9.64. The van der Waals surface area contributed by atoms with Crippen LogP contribution in [0.5, 0.6) is 0 Å². The fraction of sp³-hybridized carbons (Fsp3) is 0.923. The van der Waals surface area contributed by atoms with Gasteiger partial charge in [0.1, 0.15) is 0 Å². The second-order valence-corrected chi connectivity index (χ2v) is 4.84. The third kappa shape index (κ3) is 11.7. The van der Waals surface area contributed by atoms with E-state index in [1.54, 1.807) is 0 Å². The van der Waals surface area contributed by atoms with Crippen LogP contribution in [-0.2, 0) is 9.47 Å². The molecule has 7 heteroatoms. The summed E-state index contributed by atoms with van der Waals surface area (Å²) in [6, 6.07) is 0. The van der Waals surface area contributed by atoms with Gasteiger partial charge in [0.05, 0.1) is 19.3 Å². The molecule has 0 aromatic carbocycles. The zero-order valence-corrected chi connectivity index (χ0v) is 14.5. The van der Waals surface area contributed by atoms with Crippen LogP contribution in [0.15, 0.2) is 4.99 Å².